The van der Waals surface area contributed by atoms with E-state index in [2.05, 4.69) is 14.9 Å². The lowest BCUT2D eigenvalue weighted by Crippen LogP contribution is -2.52. The number of aromatic nitrogens is 2. The van der Waals surface area contributed by atoms with Gasteiger partial charge in [-0.3, -0.25) is 9.69 Å². The molecule has 1 aromatic heterocycles. The van der Waals surface area contributed by atoms with Gasteiger partial charge in [0, 0.05) is 25.8 Å². The third-order valence-electron chi connectivity index (χ3n) is 3.74. The molecule has 0 aliphatic carbocycles. The van der Waals surface area contributed by atoms with Crippen molar-refractivity contribution in [3.63, 3.8) is 0 Å². The smallest absolute Gasteiger partial charge is 0.230 e. The van der Waals surface area contributed by atoms with E-state index in [1.54, 1.807) is 12.3 Å². The van der Waals surface area contributed by atoms with Crippen molar-refractivity contribution in [3.05, 3.63) is 24.3 Å². The van der Waals surface area contributed by atoms with Crippen LogP contribution in [0.15, 0.2) is 18.6 Å². The molecule has 2 N–H and O–H groups in total. The van der Waals surface area contributed by atoms with E-state index in [4.69, 9.17) is 10.5 Å². The molecule has 1 saturated heterocycles. The van der Waals surface area contributed by atoms with E-state index in [0.717, 1.165) is 13.1 Å². The molecule has 6 nitrogen and oxygen atoms in total. The van der Waals surface area contributed by atoms with Gasteiger partial charge in [-0.15, -0.1) is 0 Å². The highest BCUT2D eigenvalue weighted by Crippen LogP contribution is 2.27. The molecule has 1 fully saturated rings. The molecule has 2 heterocycles. The van der Waals surface area contributed by atoms with Crippen molar-refractivity contribution in [1.29, 1.82) is 0 Å². The molecule has 6 heteroatoms. The summed E-state index contributed by atoms with van der Waals surface area (Å²) in [6.45, 7) is 5.58. The minimum atomic E-state index is -0.750. The van der Waals surface area contributed by atoms with Crippen molar-refractivity contribution >= 4 is 5.91 Å². The van der Waals surface area contributed by atoms with E-state index in [-0.39, 0.29) is 5.91 Å². The van der Waals surface area contributed by atoms with E-state index in [9.17, 15) is 4.79 Å². The molecule has 1 unspecified atom stereocenters. The molecule has 1 amide bonds. The quantitative estimate of drug-likeness (QED) is 0.806. The second-order valence-electron chi connectivity index (χ2n) is 4.78. The molecular weight excluding hydrogens is 244 g/mol. The van der Waals surface area contributed by atoms with Crippen LogP contribution in [-0.4, -0.2) is 53.6 Å². The summed E-state index contributed by atoms with van der Waals surface area (Å²) in [5, 5.41) is 0. The molecule has 0 aromatic carbocycles. The highest BCUT2D eigenvalue weighted by atomic mass is 16.5. The molecule has 1 atom stereocenters. The number of rotatable bonds is 5. The van der Waals surface area contributed by atoms with Gasteiger partial charge >= 0.3 is 0 Å². The minimum Gasteiger partial charge on any atom is -0.379 e. The fourth-order valence-electron chi connectivity index (χ4n) is 2.47. The average Bonchev–Trinajstić information content (AvgIpc) is 2.46. The zero-order chi connectivity index (χ0) is 13.7. The summed E-state index contributed by atoms with van der Waals surface area (Å²) < 4.78 is 5.33. The molecule has 0 saturated carbocycles. The third kappa shape index (κ3) is 2.90. The predicted octanol–water partition coefficient (Wildman–Crippen LogP) is -0.0581. The van der Waals surface area contributed by atoms with Gasteiger partial charge in [0.2, 0.25) is 5.91 Å². The first-order valence-electron chi connectivity index (χ1n) is 6.55. The lowest BCUT2D eigenvalue weighted by Gasteiger charge is -2.36. The number of carbonyl (C=O) groups is 1. The number of primary amides is 1. The van der Waals surface area contributed by atoms with Crippen molar-refractivity contribution in [2.75, 3.05) is 32.8 Å². The summed E-state index contributed by atoms with van der Waals surface area (Å²) in [5.41, 5.74) is 5.62. The maximum absolute atomic E-state index is 12.0. The van der Waals surface area contributed by atoms with Crippen molar-refractivity contribution in [1.82, 2.24) is 14.9 Å². The molecule has 1 aliphatic heterocycles. The van der Waals surface area contributed by atoms with Gasteiger partial charge < -0.3 is 10.5 Å². The zero-order valence-electron chi connectivity index (χ0n) is 11.2. The lowest BCUT2D eigenvalue weighted by molar-refractivity contribution is -0.125. The summed E-state index contributed by atoms with van der Waals surface area (Å²) in [6, 6.07) is 1.77. The number of nitrogens with two attached hydrogens (primary N) is 1. The van der Waals surface area contributed by atoms with Crippen LogP contribution < -0.4 is 5.73 Å². The summed E-state index contributed by atoms with van der Waals surface area (Å²) in [7, 11) is 0. The van der Waals surface area contributed by atoms with Crippen LogP contribution in [0.2, 0.25) is 0 Å². The Morgan fingerprint density at radius 2 is 2.26 bits per heavy atom. The first kappa shape index (κ1) is 13.9. The van der Waals surface area contributed by atoms with Crippen LogP contribution in [0.5, 0.6) is 0 Å². The van der Waals surface area contributed by atoms with Gasteiger partial charge in [-0.25, -0.2) is 9.97 Å². The molecule has 0 bridgehead atoms. The molecule has 104 valence electrons. The number of carbonyl (C=O) groups excluding carboxylic acids is 1. The molecule has 1 aromatic rings. The summed E-state index contributed by atoms with van der Waals surface area (Å²) in [5.74, 6) is -0.333. The van der Waals surface area contributed by atoms with E-state index in [0.29, 0.717) is 31.9 Å². The van der Waals surface area contributed by atoms with E-state index < -0.39 is 5.41 Å². The molecule has 2 rings (SSSR count). The maximum Gasteiger partial charge on any atom is 0.230 e. The molecule has 0 radical (unpaired) electrons. The number of hydrogen-bond acceptors (Lipinski definition) is 5. The van der Waals surface area contributed by atoms with Crippen LogP contribution in [0, 0.1) is 0 Å². The monoisotopic (exact) mass is 264 g/mol. The van der Waals surface area contributed by atoms with Gasteiger partial charge in [0.05, 0.1) is 18.9 Å². The van der Waals surface area contributed by atoms with Crippen LogP contribution in [0.1, 0.15) is 19.0 Å². The normalized spacial score (nSPS) is 19.8. The van der Waals surface area contributed by atoms with Gasteiger partial charge in [0.1, 0.15) is 11.7 Å². The zero-order valence-corrected chi connectivity index (χ0v) is 11.2. The molecule has 1 aliphatic rings. The lowest BCUT2D eigenvalue weighted by atomic mass is 9.80. The Labute approximate surface area is 113 Å². The predicted molar refractivity (Wildman–Crippen MR) is 70.5 cm³/mol. The van der Waals surface area contributed by atoms with Crippen LogP contribution in [-0.2, 0) is 14.9 Å². The number of morpholine rings is 1. The number of amides is 1. The highest BCUT2D eigenvalue weighted by Gasteiger charge is 2.40. The van der Waals surface area contributed by atoms with Crippen molar-refractivity contribution < 1.29 is 9.53 Å². The van der Waals surface area contributed by atoms with Crippen LogP contribution in [0.25, 0.3) is 0 Å². The summed E-state index contributed by atoms with van der Waals surface area (Å²) in [6.07, 6.45) is 3.73. The van der Waals surface area contributed by atoms with Gasteiger partial charge in [0.15, 0.2) is 0 Å². The maximum atomic E-state index is 12.0. The average molecular weight is 264 g/mol. The topological polar surface area (TPSA) is 81.3 Å². The Morgan fingerprint density at radius 3 is 2.79 bits per heavy atom. The van der Waals surface area contributed by atoms with Gasteiger partial charge in [-0.2, -0.15) is 0 Å². The highest BCUT2D eigenvalue weighted by molar-refractivity contribution is 5.86. The minimum absolute atomic E-state index is 0.333. The molecular formula is C13H20N4O2. The first-order chi connectivity index (χ1) is 9.19. The second kappa shape index (κ2) is 6.08. The molecule has 19 heavy (non-hydrogen) atoms. The standard InChI is InChI=1S/C13H20N4O2/c1-2-13(12(14)18,11-3-4-15-10-16-11)9-17-5-7-19-8-6-17/h3-4,10H,2,5-9H2,1H3,(H2,14,18). The van der Waals surface area contributed by atoms with Gasteiger partial charge in [-0.1, -0.05) is 6.92 Å². The summed E-state index contributed by atoms with van der Waals surface area (Å²) >= 11 is 0. The number of hydrogen-bond donors (Lipinski definition) is 1. The van der Waals surface area contributed by atoms with Crippen molar-refractivity contribution in [2.45, 2.75) is 18.8 Å². The van der Waals surface area contributed by atoms with Crippen LogP contribution in [0.3, 0.4) is 0 Å². The van der Waals surface area contributed by atoms with E-state index in [1.165, 1.54) is 6.33 Å². The number of nitrogens with zero attached hydrogens (tertiary/aromatic N) is 3. The van der Waals surface area contributed by atoms with E-state index in [1.807, 2.05) is 6.92 Å². The van der Waals surface area contributed by atoms with Crippen molar-refractivity contribution in [3.8, 4) is 0 Å². The van der Waals surface area contributed by atoms with Gasteiger partial charge in [0.25, 0.3) is 0 Å². The second-order valence-corrected chi connectivity index (χ2v) is 4.78. The fraction of sp³-hybridized carbons (Fsp3) is 0.615. The molecule has 0 spiro atoms. The Hall–Kier alpha value is -1.53. The van der Waals surface area contributed by atoms with E-state index >= 15 is 0 Å². The van der Waals surface area contributed by atoms with Gasteiger partial charge in [-0.05, 0) is 12.5 Å². The SMILES string of the molecule is CCC(CN1CCOCC1)(C(N)=O)c1ccncn1. The Bertz CT molecular complexity index is 420. The Balaban J connectivity index is 2.26. The van der Waals surface area contributed by atoms with Crippen LogP contribution >= 0.6 is 0 Å². The number of ether oxygens (including phenoxy) is 1. The van der Waals surface area contributed by atoms with Crippen molar-refractivity contribution in [2.24, 2.45) is 5.73 Å². The third-order valence-corrected chi connectivity index (χ3v) is 3.74. The summed E-state index contributed by atoms with van der Waals surface area (Å²) in [4.78, 5) is 22.4. The van der Waals surface area contributed by atoms with Crippen LogP contribution in [0.4, 0.5) is 0 Å². The largest absolute Gasteiger partial charge is 0.379 e. The Kier molecular flexibility index (Phi) is 4.44. The first-order valence-corrected chi connectivity index (χ1v) is 6.55. The fourth-order valence-corrected chi connectivity index (χ4v) is 2.47. The Morgan fingerprint density at radius 1 is 1.53 bits per heavy atom.